The molecule has 0 aromatic carbocycles. The van der Waals surface area contributed by atoms with Crippen molar-refractivity contribution in [2.75, 3.05) is 0 Å². The van der Waals surface area contributed by atoms with Crippen LogP contribution < -0.4 is 0 Å². The Morgan fingerprint density at radius 3 is 1.42 bits per heavy atom. The molecular weight excluding hydrogens is 151 g/mol. The van der Waals surface area contributed by atoms with Crippen molar-refractivity contribution >= 4 is 0 Å². The van der Waals surface area contributed by atoms with E-state index < -0.39 is 6.17 Å². The van der Waals surface area contributed by atoms with E-state index in [4.69, 9.17) is 0 Å². The molecule has 0 spiro atoms. The van der Waals surface area contributed by atoms with Crippen LogP contribution in [0.25, 0.3) is 0 Å². The molecule has 3 unspecified atom stereocenters. The minimum Gasteiger partial charge on any atom is -0.247 e. The Kier molecular flexibility index (Phi) is 10.9. The Bertz CT molecular complexity index is 71.1. The molecule has 1 fully saturated rings. The van der Waals surface area contributed by atoms with Gasteiger partial charge in [-0.1, -0.05) is 41.5 Å². The van der Waals surface area contributed by atoms with Crippen LogP contribution in [-0.4, -0.2) is 6.17 Å². The van der Waals surface area contributed by atoms with Gasteiger partial charge in [0.25, 0.3) is 0 Å². The standard InChI is InChI=1S/C7H13F.2C2H6/c1-5-3-6(2)7(8)4-5;2*1-2/h5-7H,3-4H2,1-2H3;2*1-2H3. The average Bonchev–Trinajstić information content (AvgIpc) is 2.37. The number of rotatable bonds is 0. The third kappa shape index (κ3) is 5.56. The highest BCUT2D eigenvalue weighted by Crippen LogP contribution is 2.32. The summed E-state index contributed by atoms with van der Waals surface area (Å²) in [7, 11) is 0. The maximum absolute atomic E-state index is 12.6. The summed E-state index contributed by atoms with van der Waals surface area (Å²) in [6, 6.07) is 0. The highest BCUT2D eigenvalue weighted by molar-refractivity contribution is 4.77. The van der Waals surface area contributed by atoms with Crippen LogP contribution in [0.5, 0.6) is 0 Å². The Morgan fingerprint density at radius 2 is 1.33 bits per heavy atom. The summed E-state index contributed by atoms with van der Waals surface area (Å²) < 4.78 is 12.6. The van der Waals surface area contributed by atoms with Gasteiger partial charge in [-0.3, -0.25) is 0 Å². The Balaban J connectivity index is 0. The van der Waals surface area contributed by atoms with Crippen LogP contribution in [-0.2, 0) is 0 Å². The molecule has 0 radical (unpaired) electrons. The SMILES string of the molecule is CC.CC.CC1CC(C)C(F)C1. The highest BCUT2D eigenvalue weighted by Gasteiger charge is 2.27. The van der Waals surface area contributed by atoms with Gasteiger partial charge in [0.2, 0.25) is 0 Å². The van der Waals surface area contributed by atoms with E-state index >= 15 is 0 Å². The van der Waals surface area contributed by atoms with Crippen LogP contribution in [0, 0.1) is 11.8 Å². The molecule has 1 rings (SSSR count). The van der Waals surface area contributed by atoms with Crippen molar-refractivity contribution in [3.63, 3.8) is 0 Å². The fraction of sp³-hybridized carbons (Fsp3) is 1.00. The minimum absolute atomic E-state index is 0.324. The first-order valence-electron chi connectivity index (χ1n) is 5.34. The van der Waals surface area contributed by atoms with Crippen LogP contribution in [0.4, 0.5) is 4.39 Å². The van der Waals surface area contributed by atoms with Gasteiger partial charge in [-0.05, 0) is 24.7 Å². The first kappa shape index (κ1) is 14.5. The van der Waals surface area contributed by atoms with Crippen LogP contribution in [0.1, 0.15) is 54.4 Å². The van der Waals surface area contributed by atoms with Crippen molar-refractivity contribution in [1.29, 1.82) is 0 Å². The first-order chi connectivity index (χ1) is 5.70. The molecule has 0 heterocycles. The normalized spacial score (nSPS) is 32.8. The molecule has 1 saturated carbocycles. The van der Waals surface area contributed by atoms with Crippen LogP contribution >= 0.6 is 0 Å². The molecule has 0 bridgehead atoms. The van der Waals surface area contributed by atoms with Crippen molar-refractivity contribution in [3.8, 4) is 0 Å². The second-order valence-corrected chi connectivity index (χ2v) is 3.07. The predicted molar refractivity (Wildman–Crippen MR) is 55.2 cm³/mol. The lowest BCUT2D eigenvalue weighted by Crippen LogP contribution is -2.01. The quantitative estimate of drug-likeness (QED) is 0.512. The number of halogens is 1. The van der Waals surface area contributed by atoms with Gasteiger partial charge in [-0.2, -0.15) is 0 Å². The van der Waals surface area contributed by atoms with E-state index in [0.717, 1.165) is 12.8 Å². The van der Waals surface area contributed by atoms with Crippen molar-refractivity contribution in [2.24, 2.45) is 11.8 Å². The zero-order chi connectivity index (χ0) is 10.1. The summed E-state index contributed by atoms with van der Waals surface area (Å²) >= 11 is 0. The zero-order valence-electron chi connectivity index (χ0n) is 9.52. The summed E-state index contributed by atoms with van der Waals surface area (Å²) in [6.45, 7) is 12.1. The minimum atomic E-state index is -0.509. The highest BCUT2D eigenvalue weighted by atomic mass is 19.1. The molecule has 76 valence electrons. The van der Waals surface area contributed by atoms with Gasteiger partial charge in [-0.15, -0.1) is 0 Å². The maximum atomic E-state index is 12.6. The average molecular weight is 176 g/mol. The smallest absolute Gasteiger partial charge is 0.103 e. The number of alkyl halides is 1. The fourth-order valence-corrected chi connectivity index (χ4v) is 1.50. The molecule has 0 nitrogen and oxygen atoms in total. The largest absolute Gasteiger partial charge is 0.247 e. The molecule has 12 heavy (non-hydrogen) atoms. The van der Waals surface area contributed by atoms with Gasteiger partial charge in [0.05, 0.1) is 0 Å². The van der Waals surface area contributed by atoms with Crippen molar-refractivity contribution in [3.05, 3.63) is 0 Å². The Morgan fingerprint density at radius 1 is 0.917 bits per heavy atom. The predicted octanol–water partition coefficient (Wildman–Crippen LogP) is 4.44. The van der Waals surface area contributed by atoms with Crippen LogP contribution in [0.15, 0.2) is 0 Å². The van der Waals surface area contributed by atoms with E-state index in [-0.39, 0.29) is 0 Å². The summed E-state index contributed by atoms with van der Waals surface area (Å²) in [4.78, 5) is 0. The lowest BCUT2D eigenvalue weighted by atomic mass is 10.1. The van der Waals surface area contributed by atoms with E-state index in [1.165, 1.54) is 0 Å². The van der Waals surface area contributed by atoms with Crippen LogP contribution in [0.3, 0.4) is 0 Å². The molecule has 1 aliphatic rings. The van der Waals surface area contributed by atoms with E-state index in [0.29, 0.717) is 11.8 Å². The summed E-state index contributed by atoms with van der Waals surface area (Å²) in [5.41, 5.74) is 0. The summed E-state index contributed by atoms with van der Waals surface area (Å²) in [6.07, 6.45) is 1.37. The topological polar surface area (TPSA) is 0 Å². The molecule has 0 amide bonds. The lowest BCUT2D eigenvalue weighted by molar-refractivity contribution is 0.276. The van der Waals surface area contributed by atoms with Gasteiger partial charge >= 0.3 is 0 Å². The molecule has 0 saturated heterocycles. The molecule has 0 N–H and O–H groups in total. The summed E-state index contributed by atoms with van der Waals surface area (Å²) in [5, 5.41) is 0. The van der Waals surface area contributed by atoms with Crippen molar-refractivity contribution in [2.45, 2.75) is 60.6 Å². The second kappa shape index (κ2) is 9.02. The zero-order valence-corrected chi connectivity index (χ0v) is 9.52. The third-order valence-corrected chi connectivity index (χ3v) is 2.02. The maximum Gasteiger partial charge on any atom is 0.103 e. The van der Waals surface area contributed by atoms with Crippen molar-refractivity contribution in [1.82, 2.24) is 0 Å². The molecule has 3 atom stereocenters. The van der Waals surface area contributed by atoms with Gasteiger partial charge in [-0.25, -0.2) is 4.39 Å². The Hall–Kier alpha value is -0.0700. The number of hydrogen-bond donors (Lipinski definition) is 0. The van der Waals surface area contributed by atoms with E-state index in [9.17, 15) is 4.39 Å². The third-order valence-electron chi connectivity index (χ3n) is 2.02. The van der Waals surface area contributed by atoms with E-state index in [2.05, 4.69) is 6.92 Å². The van der Waals surface area contributed by atoms with Gasteiger partial charge < -0.3 is 0 Å². The van der Waals surface area contributed by atoms with Crippen molar-refractivity contribution < 1.29 is 4.39 Å². The van der Waals surface area contributed by atoms with Gasteiger partial charge in [0.15, 0.2) is 0 Å². The number of hydrogen-bond acceptors (Lipinski definition) is 0. The Labute approximate surface area is 77.6 Å². The first-order valence-corrected chi connectivity index (χ1v) is 5.34. The van der Waals surface area contributed by atoms with Gasteiger partial charge in [0, 0.05) is 0 Å². The molecule has 1 heteroatoms. The van der Waals surface area contributed by atoms with E-state index in [1.54, 1.807) is 0 Å². The van der Waals surface area contributed by atoms with E-state index in [1.807, 2.05) is 34.6 Å². The fourth-order valence-electron chi connectivity index (χ4n) is 1.50. The summed E-state index contributed by atoms with van der Waals surface area (Å²) in [5.74, 6) is 0.949. The molecule has 0 aromatic heterocycles. The monoisotopic (exact) mass is 176 g/mol. The molecule has 1 aliphatic carbocycles. The van der Waals surface area contributed by atoms with Crippen LogP contribution in [0.2, 0.25) is 0 Å². The molecule has 0 aliphatic heterocycles. The van der Waals surface area contributed by atoms with Gasteiger partial charge in [0.1, 0.15) is 6.17 Å². The lowest BCUT2D eigenvalue weighted by Gasteiger charge is -2.00. The molecular formula is C11H25F. The second-order valence-electron chi connectivity index (χ2n) is 3.07. The molecule has 0 aromatic rings.